The Bertz CT molecular complexity index is 908. The van der Waals surface area contributed by atoms with Gasteiger partial charge in [-0.2, -0.15) is 0 Å². The van der Waals surface area contributed by atoms with Gasteiger partial charge in [-0.15, -0.1) is 11.3 Å². The number of methoxy groups -OCH3 is 1. The first kappa shape index (κ1) is 16.8. The molecule has 1 aliphatic heterocycles. The molecule has 128 valence electrons. The molecule has 0 bridgehead atoms. The van der Waals surface area contributed by atoms with Crippen LogP contribution in [0.1, 0.15) is 21.7 Å². The molecule has 0 aliphatic carbocycles. The van der Waals surface area contributed by atoms with Gasteiger partial charge in [0.25, 0.3) is 10.0 Å². The molecule has 1 aromatic carbocycles. The Labute approximate surface area is 141 Å². The Morgan fingerprint density at radius 2 is 2.00 bits per heavy atom. The summed E-state index contributed by atoms with van der Waals surface area (Å²) in [6, 6.07) is 3.20. The fraction of sp³-hybridized carbons (Fsp3) is 0.267. The Kier molecular flexibility index (Phi) is 4.31. The molecule has 0 saturated carbocycles. The number of hydrogen-bond acceptors (Lipinski definition) is 5. The minimum Gasteiger partial charge on any atom is -0.465 e. The Morgan fingerprint density at radius 1 is 1.29 bits per heavy atom. The van der Waals surface area contributed by atoms with Gasteiger partial charge in [-0.1, -0.05) is 0 Å². The van der Waals surface area contributed by atoms with Crippen LogP contribution in [0.2, 0.25) is 0 Å². The molecule has 0 radical (unpaired) electrons. The maximum atomic E-state index is 13.6. The average molecular weight is 373 g/mol. The predicted molar refractivity (Wildman–Crippen MR) is 84.9 cm³/mol. The fourth-order valence-corrected chi connectivity index (χ4v) is 5.50. The molecule has 3 rings (SSSR count). The van der Waals surface area contributed by atoms with Crippen molar-refractivity contribution in [2.75, 3.05) is 18.0 Å². The lowest BCUT2D eigenvalue weighted by molar-refractivity contribution is 0.0602. The highest BCUT2D eigenvalue weighted by molar-refractivity contribution is 7.93. The zero-order valence-corrected chi connectivity index (χ0v) is 14.2. The minimum absolute atomic E-state index is 0.0489. The van der Waals surface area contributed by atoms with Crippen LogP contribution in [0.4, 0.5) is 14.5 Å². The van der Waals surface area contributed by atoms with Crippen LogP contribution in [0.5, 0.6) is 0 Å². The Morgan fingerprint density at radius 3 is 2.71 bits per heavy atom. The summed E-state index contributed by atoms with van der Waals surface area (Å²) in [7, 11) is -2.93. The smallest absolute Gasteiger partial charge is 0.349 e. The van der Waals surface area contributed by atoms with E-state index < -0.39 is 27.6 Å². The highest BCUT2D eigenvalue weighted by atomic mass is 32.2. The quantitative estimate of drug-likeness (QED) is 0.776. The van der Waals surface area contributed by atoms with E-state index in [4.69, 9.17) is 0 Å². The van der Waals surface area contributed by atoms with Gasteiger partial charge >= 0.3 is 5.97 Å². The lowest BCUT2D eigenvalue weighted by atomic mass is 10.0. The number of carbonyl (C=O) groups excluding carboxylic acids is 1. The van der Waals surface area contributed by atoms with Crippen LogP contribution < -0.4 is 4.31 Å². The molecule has 2 heterocycles. The number of carbonyl (C=O) groups is 1. The van der Waals surface area contributed by atoms with E-state index in [2.05, 4.69) is 4.74 Å². The Balaban J connectivity index is 2.12. The predicted octanol–water partition coefficient (Wildman–Crippen LogP) is 2.95. The van der Waals surface area contributed by atoms with Crippen molar-refractivity contribution in [3.05, 3.63) is 45.7 Å². The van der Waals surface area contributed by atoms with Crippen molar-refractivity contribution in [2.45, 2.75) is 17.7 Å². The molecule has 0 fully saturated rings. The number of benzene rings is 1. The van der Waals surface area contributed by atoms with E-state index >= 15 is 0 Å². The third kappa shape index (κ3) is 2.67. The van der Waals surface area contributed by atoms with E-state index in [1.807, 2.05) is 0 Å². The molecular weight excluding hydrogens is 360 g/mol. The molecule has 0 spiro atoms. The van der Waals surface area contributed by atoms with Crippen LogP contribution in [0.25, 0.3) is 0 Å². The fourth-order valence-electron chi connectivity index (χ4n) is 2.65. The number of esters is 1. The second kappa shape index (κ2) is 6.14. The van der Waals surface area contributed by atoms with Crippen molar-refractivity contribution in [3.8, 4) is 0 Å². The van der Waals surface area contributed by atoms with Gasteiger partial charge in [-0.25, -0.2) is 22.0 Å². The monoisotopic (exact) mass is 373 g/mol. The average Bonchev–Trinajstić information content (AvgIpc) is 3.05. The van der Waals surface area contributed by atoms with Crippen molar-refractivity contribution in [1.82, 2.24) is 0 Å². The van der Waals surface area contributed by atoms with E-state index in [1.54, 1.807) is 0 Å². The topological polar surface area (TPSA) is 63.7 Å². The first-order chi connectivity index (χ1) is 11.4. The summed E-state index contributed by atoms with van der Waals surface area (Å²) in [5.41, 5.74) is 0.515. The number of aryl methyl sites for hydroxylation is 1. The van der Waals surface area contributed by atoms with Crippen molar-refractivity contribution < 1.29 is 26.7 Å². The number of hydrogen-bond donors (Lipinski definition) is 0. The van der Waals surface area contributed by atoms with E-state index in [9.17, 15) is 22.0 Å². The molecule has 0 saturated heterocycles. The van der Waals surface area contributed by atoms with E-state index in [-0.39, 0.29) is 22.0 Å². The summed E-state index contributed by atoms with van der Waals surface area (Å²) >= 11 is 0.946. The summed E-state index contributed by atoms with van der Waals surface area (Å²) in [6.45, 7) is 0.122. The number of sulfonamides is 1. The summed E-state index contributed by atoms with van der Waals surface area (Å²) in [5.74, 6) is -2.89. The van der Waals surface area contributed by atoms with Gasteiger partial charge in [-0.05, 0) is 35.9 Å². The van der Waals surface area contributed by atoms with Gasteiger partial charge in [-0.3, -0.25) is 4.31 Å². The van der Waals surface area contributed by atoms with Crippen LogP contribution in [-0.4, -0.2) is 28.0 Å². The highest BCUT2D eigenvalue weighted by Crippen LogP contribution is 2.35. The molecule has 0 unspecified atom stereocenters. The van der Waals surface area contributed by atoms with Crippen LogP contribution in [0.3, 0.4) is 0 Å². The number of anilines is 1. The number of halogens is 2. The van der Waals surface area contributed by atoms with Crippen LogP contribution in [-0.2, 0) is 21.2 Å². The molecule has 24 heavy (non-hydrogen) atoms. The molecule has 0 atom stereocenters. The van der Waals surface area contributed by atoms with Gasteiger partial charge < -0.3 is 4.74 Å². The van der Waals surface area contributed by atoms with Crippen molar-refractivity contribution in [3.63, 3.8) is 0 Å². The van der Waals surface area contributed by atoms with Crippen LogP contribution in [0, 0.1) is 11.6 Å². The lowest BCUT2D eigenvalue weighted by Crippen LogP contribution is -2.36. The maximum absolute atomic E-state index is 13.6. The standard InChI is InChI=1S/C15H13F2NO4S2/c1-22-15(19)14-13(4-6-23-14)24(20,21)18-5-2-3-9-7-10(16)11(17)8-12(9)18/h4,6-8H,2-3,5H2,1H3. The van der Waals surface area contributed by atoms with Crippen LogP contribution in [0.15, 0.2) is 28.5 Å². The Hall–Kier alpha value is -2.00. The molecule has 1 aromatic heterocycles. The zero-order chi connectivity index (χ0) is 17.5. The molecule has 2 aromatic rings. The second-order valence-electron chi connectivity index (χ2n) is 5.18. The molecule has 0 N–H and O–H groups in total. The number of ether oxygens (including phenoxy) is 1. The zero-order valence-electron chi connectivity index (χ0n) is 12.6. The van der Waals surface area contributed by atoms with E-state index in [0.717, 1.165) is 34.9 Å². The third-order valence-electron chi connectivity index (χ3n) is 3.77. The molecule has 9 heteroatoms. The summed E-state index contributed by atoms with van der Waals surface area (Å²) in [5, 5.41) is 1.47. The lowest BCUT2D eigenvalue weighted by Gasteiger charge is -2.30. The molecule has 5 nitrogen and oxygen atoms in total. The third-order valence-corrected chi connectivity index (χ3v) is 6.64. The van der Waals surface area contributed by atoms with Gasteiger partial charge in [0.15, 0.2) is 11.6 Å². The minimum atomic E-state index is -4.09. The van der Waals surface area contributed by atoms with Crippen molar-refractivity contribution >= 4 is 33.0 Å². The number of nitrogens with zero attached hydrogens (tertiary/aromatic N) is 1. The maximum Gasteiger partial charge on any atom is 0.349 e. The van der Waals surface area contributed by atoms with Crippen molar-refractivity contribution in [2.24, 2.45) is 0 Å². The van der Waals surface area contributed by atoms with E-state index in [0.29, 0.717) is 18.4 Å². The first-order valence-electron chi connectivity index (χ1n) is 7.02. The second-order valence-corrected chi connectivity index (χ2v) is 7.93. The molecule has 1 aliphatic rings. The van der Waals surface area contributed by atoms with E-state index in [1.165, 1.54) is 11.4 Å². The largest absolute Gasteiger partial charge is 0.465 e. The highest BCUT2D eigenvalue weighted by Gasteiger charge is 2.34. The first-order valence-corrected chi connectivity index (χ1v) is 9.34. The molecule has 0 amide bonds. The summed E-state index contributed by atoms with van der Waals surface area (Å²) in [4.78, 5) is 11.5. The van der Waals surface area contributed by atoms with Gasteiger partial charge in [0.1, 0.15) is 9.77 Å². The number of rotatable bonds is 3. The summed E-state index contributed by atoms with van der Waals surface area (Å²) < 4.78 is 58.6. The van der Waals surface area contributed by atoms with Gasteiger partial charge in [0, 0.05) is 12.6 Å². The SMILES string of the molecule is COC(=O)c1sccc1S(=O)(=O)N1CCCc2cc(F)c(F)cc21. The van der Waals surface area contributed by atoms with Gasteiger partial charge in [0.2, 0.25) is 0 Å². The number of fused-ring (bicyclic) bond motifs is 1. The summed E-state index contributed by atoms with van der Waals surface area (Å²) in [6.07, 6.45) is 0.918. The molecular formula is C15H13F2NO4S2. The number of thiophene rings is 1. The van der Waals surface area contributed by atoms with Crippen LogP contribution >= 0.6 is 11.3 Å². The normalized spacial score (nSPS) is 14.4. The van der Waals surface area contributed by atoms with Crippen molar-refractivity contribution in [1.29, 1.82) is 0 Å². The van der Waals surface area contributed by atoms with Gasteiger partial charge in [0.05, 0.1) is 12.8 Å².